The van der Waals surface area contributed by atoms with E-state index in [1.807, 2.05) is 37.3 Å². The highest BCUT2D eigenvalue weighted by molar-refractivity contribution is 5.95. The number of benzene rings is 1. The molecule has 2 bridgehead atoms. The average molecular weight is 365 g/mol. The van der Waals surface area contributed by atoms with E-state index in [0.717, 1.165) is 18.4 Å². The van der Waals surface area contributed by atoms with E-state index in [1.54, 1.807) is 17.3 Å². The molecule has 1 N–H and O–H groups in total. The Balaban J connectivity index is 1.64. The van der Waals surface area contributed by atoms with Gasteiger partial charge in [-0.15, -0.1) is 0 Å². The topological polar surface area (TPSA) is 83.4 Å². The number of carbonyl (C=O) groups excluding carboxylic acids is 1. The number of rotatable bonds is 5. The molecule has 4 rings (SSSR count). The second-order valence-corrected chi connectivity index (χ2v) is 7.53. The van der Waals surface area contributed by atoms with Crippen LogP contribution in [0.3, 0.4) is 0 Å². The van der Waals surface area contributed by atoms with Gasteiger partial charge in [0.1, 0.15) is 5.82 Å². The lowest BCUT2D eigenvalue weighted by Crippen LogP contribution is -2.46. The van der Waals surface area contributed by atoms with Crippen LogP contribution in [0.15, 0.2) is 42.7 Å². The van der Waals surface area contributed by atoms with Gasteiger partial charge in [0.05, 0.1) is 11.0 Å². The zero-order chi connectivity index (χ0) is 19.0. The zero-order valence-corrected chi connectivity index (χ0v) is 15.3. The van der Waals surface area contributed by atoms with Gasteiger partial charge in [0.2, 0.25) is 0 Å². The summed E-state index contributed by atoms with van der Waals surface area (Å²) < 4.78 is 0. The molecule has 2 saturated heterocycles. The van der Waals surface area contributed by atoms with Gasteiger partial charge in [-0.2, -0.15) is 0 Å². The van der Waals surface area contributed by atoms with Crippen molar-refractivity contribution >= 4 is 11.9 Å². The third-order valence-electron chi connectivity index (χ3n) is 6.03. The molecule has 27 heavy (non-hydrogen) atoms. The number of aromatic nitrogens is 2. The van der Waals surface area contributed by atoms with Gasteiger partial charge < -0.3 is 10.0 Å². The summed E-state index contributed by atoms with van der Waals surface area (Å²) in [6.07, 6.45) is 6.36. The molecule has 0 unspecified atom stereocenters. The number of carboxylic acid groups (broad SMARTS) is 1. The van der Waals surface area contributed by atoms with E-state index in [-0.39, 0.29) is 18.0 Å². The minimum Gasteiger partial charge on any atom is -0.481 e. The summed E-state index contributed by atoms with van der Waals surface area (Å²) in [5.74, 6) is -0.268. The Morgan fingerprint density at radius 1 is 1.19 bits per heavy atom. The highest BCUT2D eigenvalue weighted by Gasteiger charge is 2.61. The van der Waals surface area contributed by atoms with Crippen molar-refractivity contribution in [1.29, 1.82) is 0 Å². The minimum atomic E-state index is -0.926. The lowest BCUT2D eigenvalue weighted by molar-refractivity contribution is -0.150. The first-order valence-electron chi connectivity index (χ1n) is 9.46. The summed E-state index contributed by atoms with van der Waals surface area (Å²) in [7, 11) is 0. The molecule has 0 aliphatic carbocycles. The Labute approximate surface area is 158 Å². The molecule has 1 amide bonds. The highest BCUT2D eigenvalue weighted by atomic mass is 16.4. The van der Waals surface area contributed by atoms with Gasteiger partial charge in [0.15, 0.2) is 0 Å². The van der Waals surface area contributed by atoms with Gasteiger partial charge in [0, 0.05) is 30.9 Å². The van der Waals surface area contributed by atoms with Crippen LogP contribution in [0.4, 0.5) is 0 Å². The maximum atomic E-state index is 13.1. The van der Waals surface area contributed by atoms with Gasteiger partial charge in [-0.05, 0) is 31.2 Å². The highest BCUT2D eigenvalue weighted by Crippen LogP contribution is 2.52. The minimum absolute atomic E-state index is 0.0341. The molecule has 6 nitrogen and oxygen atoms in total. The molecule has 0 saturated carbocycles. The maximum absolute atomic E-state index is 13.1. The van der Waals surface area contributed by atoms with Crippen LogP contribution >= 0.6 is 0 Å². The van der Waals surface area contributed by atoms with E-state index < -0.39 is 11.4 Å². The van der Waals surface area contributed by atoms with E-state index in [0.29, 0.717) is 30.7 Å². The van der Waals surface area contributed by atoms with E-state index in [4.69, 9.17) is 0 Å². The predicted octanol–water partition coefficient (Wildman–Crippen LogP) is 2.73. The van der Waals surface area contributed by atoms with Crippen molar-refractivity contribution in [2.45, 2.75) is 51.1 Å². The van der Waals surface area contributed by atoms with E-state index in [9.17, 15) is 14.7 Å². The van der Waals surface area contributed by atoms with Crippen molar-refractivity contribution in [2.24, 2.45) is 5.41 Å². The SMILES string of the molecule is CCc1ncc(C(=O)N2[C@H]3CC[C@@H]2[C@](Cc2ccccc2)(C(=O)O)C3)cn1. The van der Waals surface area contributed by atoms with E-state index in [2.05, 4.69) is 9.97 Å². The summed E-state index contributed by atoms with van der Waals surface area (Å²) in [6, 6.07) is 9.36. The Bertz CT molecular complexity index is 853. The fraction of sp³-hybridized carbons (Fsp3) is 0.429. The molecule has 1 aromatic carbocycles. The number of aryl methyl sites for hydroxylation is 1. The third-order valence-corrected chi connectivity index (χ3v) is 6.03. The molecule has 1 aromatic heterocycles. The summed E-state index contributed by atoms with van der Waals surface area (Å²) in [5, 5.41) is 10.1. The second-order valence-electron chi connectivity index (χ2n) is 7.53. The predicted molar refractivity (Wildman–Crippen MR) is 99.2 cm³/mol. The molecule has 2 fully saturated rings. The van der Waals surface area contributed by atoms with Crippen molar-refractivity contribution in [3.05, 3.63) is 59.7 Å². The Hall–Kier alpha value is -2.76. The standard InChI is InChI=1S/C21H23N3O3/c1-2-18-22-12-15(13-23-18)19(25)24-16-8-9-17(24)21(11-16,20(26)27)10-14-6-4-3-5-7-14/h3-7,12-13,16-17H,2,8-11H2,1H3,(H,26,27)/t16-,17+,21+/m0/s1. The normalized spacial score (nSPS) is 26.3. The van der Waals surface area contributed by atoms with Crippen LogP contribution < -0.4 is 0 Å². The zero-order valence-electron chi connectivity index (χ0n) is 15.3. The van der Waals surface area contributed by atoms with Gasteiger partial charge >= 0.3 is 5.97 Å². The van der Waals surface area contributed by atoms with Crippen LogP contribution in [0, 0.1) is 5.41 Å². The maximum Gasteiger partial charge on any atom is 0.312 e. The number of fused-ring (bicyclic) bond motifs is 2. The lowest BCUT2D eigenvalue weighted by atomic mass is 9.70. The van der Waals surface area contributed by atoms with Gasteiger partial charge in [0.25, 0.3) is 5.91 Å². The van der Waals surface area contributed by atoms with Crippen molar-refractivity contribution in [3.63, 3.8) is 0 Å². The second kappa shape index (κ2) is 6.76. The first-order valence-corrected chi connectivity index (χ1v) is 9.46. The number of nitrogens with zero attached hydrogens (tertiary/aromatic N) is 3. The lowest BCUT2D eigenvalue weighted by Gasteiger charge is -2.33. The third kappa shape index (κ3) is 2.89. The number of hydrogen-bond acceptors (Lipinski definition) is 4. The summed E-state index contributed by atoms with van der Waals surface area (Å²) in [5.41, 5.74) is 0.505. The number of aliphatic carboxylic acids is 1. The Morgan fingerprint density at radius 2 is 1.89 bits per heavy atom. The average Bonchev–Trinajstić information content (AvgIpc) is 3.24. The molecule has 140 valence electrons. The van der Waals surface area contributed by atoms with Crippen molar-refractivity contribution in [3.8, 4) is 0 Å². The first-order chi connectivity index (χ1) is 13.0. The van der Waals surface area contributed by atoms with Crippen molar-refractivity contribution in [2.75, 3.05) is 0 Å². The molecule has 3 heterocycles. The Morgan fingerprint density at radius 3 is 2.52 bits per heavy atom. The largest absolute Gasteiger partial charge is 0.481 e. The number of carboxylic acids is 1. The smallest absolute Gasteiger partial charge is 0.312 e. The molecule has 3 atom stereocenters. The van der Waals surface area contributed by atoms with Gasteiger partial charge in [-0.25, -0.2) is 9.97 Å². The van der Waals surface area contributed by atoms with E-state index in [1.165, 1.54) is 0 Å². The fourth-order valence-electron chi connectivity index (χ4n) is 4.74. The summed E-state index contributed by atoms with van der Waals surface area (Å²) in [4.78, 5) is 35.7. The molecule has 2 aliphatic heterocycles. The number of carbonyl (C=O) groups is 2. The number of amides is 1. The quantitative estimate of drug-likeness (QED) is 0.881. The first kappa shape index (κ1) is 17.6. The molecular weight excluding hydrogens is 342 g/mol. The van der Waals surface area contributed by atoms with Crippen LogP contribution in [0.25, 0.3) is 0 Å². The van der Waals surface area contributed by atoms with Crippen LogP contribution in [0.2, 0.25) is 0 Å². The van der Waals surface area contributed by atoms with Crippen molar-refractivity contribution in [1.82, 2.24) is 14.9 Å². The van der Waals surface area contributed by atoms with Crippen molar-refractivity contribution < 1.29 is 14.7 Å². The summed E-state index contributed by atoms with van der Waals surface area (Å²) >= 11 is 0. The van der Waals surface area contributed by atoms with Crippen LogP contribution in [-0.4, -0.2) is 43.9 Å². The molecule has 0 spiro atoms. The molecular formula is C21H23N3O3. The fourth-order valence-corrected chi connectivity index (χ4v) is 4.74. The van der Waals surface area contributed by atoms with Crippen LogP contribution in [0.1, 0.15) is 47.9 Å². The molecule has 2 aromatic rings. The molecule has 6 heteroatoms. The molecule has 0 radical (unpaired) electrons. The number of hydrogen-bond donors (Lipinski definition) is 1. The van der Waals surface area contributed by atoms with Crippen LogP contribution in [-0.2, 0) is 17.6 Å². The monoisotopic (exact) mass is 365 g/mol. The van der Waals surface area contributed by atoms with E-state index >= 15 is 0 Å². The van der Waals surface area contributed by atoms with Crippen LogP contribution in [0.5, 0.6) is 0 Å². The van der Waals surface area contributed by atoms with Gasteiger partial charge in [-0.1, -0.05) is 37.3 Å². The Kier molecular flexibility index (Phi) is 4.42. The van der Waals surface area contributed by atoms with Gasteiger partial charge in [-0.3, -0.25) is 9.59 Å². The summed E-state index contributed by atoms with van der Waals surface area (Å²) in [6.45, 7) is 1.96. The molecule has 2 aliphatic rings.